The van der Waals surface area contributed by atoms with Crippen LogP contribution in [0.1, 0.15) is 48.8 Å². The number of aromatic amines is 1. The van der Waals surface area contributed by atoms with E-state index >= 15 is 0 Å². The standard InChI is InChI=1S/C21H23N5O2/c1-12(2)20-16(8-9-19(28)24-20)21-23-18(11-17(22)27)25-26(21)15-7-6-13-4-3-5-14(13)10-15/h6-10,12H,3-5,11H2,1-2H3,(H2,22,27)(H,24,28). The van der Waals surface area contributed by atoms with Crippen molar-refractivity contribution in [3.05, 3.63) is 63.3 Å². The molecule has 7 heteroatoms. The average molecular weight is 377 g/mol. The largest absolute Gasteiger partial charge is 0.369 e. The van der Waals surface area contributed by atoms with Crippen molar-refractivity contribution in [1.29, 1.82) is 0 Å². The van der Waals surface area contributed by atoms with Gasteiger partial charge in [0.2, 0.25) is 11.5 Å². The Morgan fingerprint density at radius 3 is 2.75 bits per heavy atom. The molecule has 1 aliphatic rings. The van der Waals surface area contributed by atoms with E-state index in [1.807, 2.05) is 19.9 Å². The molecule has 0 bridgehead atoms. The predicted octanol–water partition coefficient (Wildman–Crippen LogP) is 2.26. The Morgan fingerprint density at radius 1 is 1.21 bits per heavy atom. The van der Waals surface area contributed by atoms with Crippen molar-refractivity contribution in [3.63, 3.8) is 0 Å². The average Bonchev–Trinajstić information content (AvgIpc) is 3.27. The summed E-state index contributed by atoms with van der Waals surface area (Å²) < 4.78 is 1.75. The van der Waals surface area contributed by atoms with Crippen molar-refractivity contribution in [2.24, 2.45) is 5.73 Å². The molecule has 0 aliphatic heterocycles. The number of rotatable bonds is 5. The number of nitrogens with zero attached hydrogens (tertiary/aromatic N) is 3. The van der Waals surface area contributed by atoms with Crippen LogP contribution in [0.3, 0.4) is 0 Å². The zero-order valence-electron chi connectivity index (χ0n) is 16.0. The third-order valence-corrected chi connectivity index (χ3v) is 5.08. The number of hydrogen-bond acceptors (Lipinski definition) is 4. The van der Waals surface area contributed by atoms with Crippen molar-refractivity contribution in [3.8, 4) is 17.1 Å². The molecule has 0 saturated carbocycles. The monoisotopic (exact) mass is 377 g/mol. The number of hydrogen-bond donors (Lipinski definition) is 2. The van der Waals surface area contributed by atoms with Crippen LogP contribution >= 0.6 is 0 Å². The minimum Gasteiger partial charge on any atom is -0.369 e. The number of nitrogens with two attached hydrogens (primary N) is 1. The third-order valence-electron chi connectivity index (χ3n) is 5.08. The third kappa shape index (κ3) is 3.35. The van der Waals surface area contributed by atoms with Crippen LogP contribution in [0.5, 0.6) is 0 Å². The van der Waals surface area contributed by atoms with E-state index in [2.05, 4.69) is 27.2 Å². The van der Waals surface area contributed by atoms with Gasteiger partial charge in [0.15, 0.2) is 11.6 Å². The number of carbonyl (C=O) groups excluding carboxylic acids is 1. The van der Waals surface area contributed by atoms with E-state index in [1.54, 1.807) is 10.7 Å². The summed E-state index contributed by atoms with van der Waals surface area (Å²) in [6.45, 7) is 4.02. The van der Waals surface area contributed by atoms with Crippen molar-refractivity contribution in [2.75, 3.05) is 0 Å². The van der Waals surface area contributed by atoms with Gasteiger partial charge in [0.05, 0.1) is 12.1 Å². The second-order valence-corrected chi connectivity index (χ2v) is 7.52. The number of fused-ring (bicyclic) bond motifs is 1. The number of benzene rings is 1. The first-order valence-corrected chi connectivity index (χ1v) is 9.52. The molecule has 0 atom stereocenters. The first-order valence-electron chi connectivity index (χ1n) is 9.52. The van der Waals surface area contributed by atoms with Crippen LogP contribution in [-0.4, -0.2) is 25.7 Å². The van der Waals surface area contributed by atoms with Crippen molar-refractivity contribution in [2.45, 2.75) is 45.4 Å². The van der Waals surface area contributed by atoms with E-state index in [0.29, 0.717) is 11.6 Å². The molecule has 2 aromatic heterocycles. The number of primary amides is 1. The maximum Gasteiger partial charge on any atom is 0.248 e. The highest BCUT2D eigenvalue weighted by Crippen LogP contribution is 2.29. The molecule has 0 fully saturated rings. The molecular weight excluding hydrogens is 354 g/mol. The second-order valence-electron chi connectivity index (χ2n) is 7.52. The van der Waals surface area contributed by atoms with Gasteiger partial charge in [-0.15, -0.1) is 0 Å². The normalized spacial score (nSPS) is 13.1. The summed E-state index contributed by atoms with van der Waals surface area (Å²) in [6.07, 6.45) is 3.28. The summed E-state index contributed by atoms with van der Waals surface area (Å²) in [7, 11) is 0. The Balaban J connectivity index is 1.91. The number of carbonyl (C=O) groups is 1. The molecule has 2 heterocycles. The molecule has 0 saturated heterocycles. The van der Waals surface area contributed by atoms with Gasteiger partial charge in [-0.2, -0.15) is 5.10 Å². The summed E-state index contributed by atoms with van der Waals surface area (Å²) in [5, 5.41) is 4.56. The predicted molar refractivity (Wildman–Crippen MR) is 106 cm³/mol. The van der Waals surface area contributed by atoms with Gasteiger partial charge in [0, 0.05) is 17.3 Å². The van der Waals surface area contributed by atoms with Gasteiger partial charge in [-0.1, -0.05) is 19.9 Å². The molecule has 3 N–H and O–H groups in total. The fourth-order valence-electron chi connectivity index (χ4n) is 3.77. The van der Waals surface area contributed by atoms with Gasteiger partial charge in [-0.3, -0.25) is 9.59 Å². The summed E-state index contributed by atoms with van der Waals surface area (Å²) in [4.78, 5) is 30.8. The van der Waals surface area contributed by atoms with E-state index in [0.717, 1.165) is 36.2 Å². The topological polar surface area (TPSA) is 107 Å². The van der Waals surface area contributed by atoms with E-state index < -0.39 is 5.91 Å². The molecule has 7 nitrogen and oxygen atoms in total. The number of aromatic nitrogens is 4. The van der Waals surface area contributed by atoms with Gasteiger partial charge in [-0.25, -0.2) is 9.67 Å². The first-order chi connectivity index (χ1) is 13.4. The van der Waals surface area contributed by atoms with Crippen LogP contribution in [0.2, 0.25) is 0 Å². The van der Waals surface area contributed by atoms with Crippen LogP contribution in [0, 0.1) is 0 Å². The molecule has 0 spiro atoms. The van der Waals surface area contributed by atoms with Gasteiger partial charge in [0.25, 0.3) is 0 Å². The summed E-state index contributed by atoms with van der Waals surface area (Å²) in [5.74, 6) is 0.565. The number of pyridine rings is 1. The van der Waals surface area contributed by atoms with E-state index in [1.165, 1.54) is 17.2 Å². The van der Waals surface area contributed by atoms with Crippen LogP contribution in [0.25, 0.3) is 17.1 Å². The van der Waals surface area contributed by atoms with Crippen LogP contribution in [0.4, 0.5) is 0 Å². The minimum atomic E-state index is -0.483. The molecule has 144 valence electrons. The molecule has 4 rings (SSSR count). The highest BCUT2D eigenvalue weighted by atomic mass is 16.1. The Morgan fingerprint density at radius 2 is 2.00 bits per heavy atom. The summed E-state index contributed by atoms with van der Waals surface area (Å²) >= 11 is 0. The summed E-state index contributed by atoms with van der Waals surface area (Å²) in [6, 6.07) is 9.53. The maximum atomic E-state index is 11.9. The van der Waals surface area contributed by atoms with Gasteiger partial charge in [0.1, 0.15) is 0 Å². The van der Waals surface area contributed by atoms with Crippen molar-refractivity contribution < 1.29 is 4.79 Å². The fraction of sp³-hybridized carbons (Fsp3) is 0.333. The highest BCUT2D eigenvalue weighted by molar-refractivity contribution is 5.76. The fourth-order valence-corrected chi connectivity index (χ4v) is 3.77. The van der Waals surface area contributed by atoms with E-state index in [9.17, 15) is 9.59 Å². The zero-order valence-corrected chi connectivity index (χ0v) is 16.0. The second kappa shape index (κ2) is 7.07. The SMILES string of the molecule is CC(C)c1[nH]c(=O)ccc1-c1nc(CC(N)=O)nn1-c1ccc2c(c1)CCC2. The van der Waals surface area contributed by atoms with Crippen molar-refractivity contribution in [1.82, 2.24) is 19.7 Å². The number of amides is 1. The lowest BCUT2D eigenvalue weighted by molar-refractivity contribution is -0.117. The lowest BCUT2D eigenvalue weighted by atomic mass is 10.0. The molecule has 28 heavy (non-hydrogen) atoms. The first kappa shape index (κ1) is 18.2. The van der Waals surface area contributed by atoms with Crippen LogP contribution in [-0.2, 0) is 24.1 Å². The lowest BCUT2D eigenvalue weighted by Gasteiger charge is -2.13. The molecule has 0 radical (unpaired) electrons. The van der Waals surface area contributed by atoms with Gasteiger partial charge < -0.3 is 10.7 Å². The van der Waals surface area contributed by atoms with E-state index in [4.69, 9.17) is 5.73 Å². The van der Waals surface area contributed by atoms with E-state index in [-0.39, 0.29) is 17.9 Å². The van der Waals surface area contributed by atoms with Crippen LogP contribution in [0.15, 0.2) is 35.1 Å². The minimum absolute atomic E-state index is 0.0364. The molecule has 0 unspecified atom stereocenters. The molecule has 3 aromatic rings. The Hall–Kier alpha value is -3.22. The Bertz CT molecular complexity index is 1110. The quantitative estimate of drug-likeness (QED) is 0.711. The summed E-state index contributed by atoms with van der Waals surface area (Å²) in [5.41, 5.74) is 10.4. The maximum absolute atomic E-state index is 11.9. The zero-order chi connectivity index (χ0) is 19.8. The molecular formula is C21H23N5O2. The lowest BCUT2D eigenvalue weighted by Crippen LogP contribution is -2.14. The molecule has 1 amide bonds. The Labute approximate surface area is 162 Å². The highest BCUT2D eigenvalue weighted by Gasteiger charge is 2.21. The van der Waals surface area contributed by atoms with Crippen molar-refractivity contribution >= 4 is 5.91 Å². The van der Waals surface area contributed by atoms with Gasteiger partial charge >= 0.3 is 0 Å². The molecule has 1 aromatic carbocycles. The number of H-pyrrole nitrogens is 1. The van der Waals surface area contributed by atoms with Crippen LogP contribution < -0.4 is 11.3 Å². The smallest absolute Gasteiger partial charge is 0.248 e. The molecule has 1 aliphatic carbocycles. The Kier molecular flexibility index (Phi) is 4.58. The van der Waals surface area contributed by atoms with Gasteiger partial charge in [-0.05, 0) is 54.5 Å². The number of aryl methyl sites for hydroxylation is 2. The number of nitrogens with one attached hydrogen (secondary N) is 1.